The minimum Gasteiger partial charge on any atom is -0.358 e. The number of para-hydroxylation sites is 1. The zero-order chi connectivity index (χ0) is 11.1. The van der Waals surface area contributed by atoms with Crippen molar-refractivity contribution in [2.24, 2.45) is 5.73 Å². The molecule has 0 radical (unpaired) electrons. The molecular formula is C14H18N2. The summed E-state index contributed by atoms with van der Waals surface area (Å²) in [6, 6.07) is 6.55. The van der Waals surface area contributed by atoms with Gasteiger partial charge in [0.05, 0.1) is 0 Å². The third-order valence-corrected chi connectivity index (χ3v) is 3.85. The van der Waals surface area contributed by atoms with E-state index in [1.807, 2.05) is 0 Å². The van der Waals surface area contributed by atoms with E-state index in [0.717, 1.165) is 6.54 Å². The quantitative estimate of drug-likeness (QED) is 0.753. The Morgan fingerprint density at radius 3 is 3.12 bits per heavy atom. The zero-order valence-electron chi connectivity index (χ0n) is 9.72. The normalized spacial score (nSPS) is 20.0. The number of nitrogens with two attached hydrogens (primary N) is 1. The van der Waals surface area contributed by atoms with Gasteiger partial charge in [-0.1, -0.05) is 18.2 Å². The van der Waals surface area contributed by atoms with Crippen LogP contribution in [0.5, 0.6) is 0 Å². The molecule has 0 bridgehead atoms. The van der Waals surface area contributed by atoms with E-state index < -0.39 is 0 Å². The lowest BCUT2D eigenvalue weighted by molar-refractivity contribution is 0.553. The first-order valence-corrected chi connectivity index (χ1v) is 6.11. The highest BCUT2D eigenvalue weighted by molar-refractivity contribution is 5.87. The molecule has 1 heterocycles. The van der Waals surface area contributed by atoms with Gasteiger partial charge in [0, 0.05) is 29.1 Å². The fourth-order valence-corrected chi connectivity index (χ4v) is 2.96. The second-order valence-corrected chi connectivity index (χ2v) is 4.84. The first-order valence-electron chi connectivity index (χ1n) is 6.11. The van der Waals surface area contributed by atoms with Crippen LogP contribution in [0, 0.1) is 6.92 Å². The predicted molar refractivity (Wildman–Crippen MR) is 67.8 cm³/mol. The molecule has 2 aromatic rings. The van der Waals surface area contributed by atoms with Crippen LogP contribution >= 0.6 is 0 Å². The standard InChI is InChI=1S/C14H18N2/c1-9-4-2-6-11-12-7-3-5-10(8-15)14(12)16-13(9)11/h2,4,6,10,16H,3,5,7-8,15H2,1H3. The second kappa shape index (κ2) is 3.63. The number of hydrogen-bond donors (Lipinski definition) is 2. The van der Waals surface area contributed by atoms with Crippen LogP contribution in [0.1, 0.15) is 35.6 Å². The summed E-state index contributed by atoms with van der Waals surface area (Å²) in [5, 5.41) is 1.41. The van der Waals surface area contributed by atoms with Gasteiger partial charge in [0.2, 0.25) is 0 Å². The monoisotopic (exact) mass is 214 g/mol. The highest BCUT2D eigenvalue weighted by atomic mass is 14.8. The number of aromatic nitrogens is 1. The highest BCUT2D eigenvalue weighted by Crippen LogP contribution is 2.36. The Labute approximate surface area is 95.8 Å². The summed E-state index contributed by atoms with van der Waals surface area (Å²) in [5.41, 5.74) is 11.4. The van der Waals surface area contributed by atoms with Crippen molar-refractivity contribution in [3.8, 4) is 0 Å². The molecule has 1 aliphatic rings. The molecule has 2 nitrogen and oxygen atoms in total. The summed E-state index contributed by atoms with van der Waals surface area (Å²) in [7, 11) is 0. The van der Waals surface area contributed by atoms with Crippen LogP contribution in [-0.4, -0.2) is 11.5 Å². The van der Waals surface area contributed by atoms with Crippen molar-refractivity contribution < 1.29 is 0 Å². The number of fused-ring (bicyclic) bond motifs is 3. The molecule has 0 fully saturated rings. The van der Waals surface area contributed by atoms with Gasteiger partial charge in [-0.15, -0.1) is 0 Å². The van der Waals surface area contributed by atoms with E-state index in [2.05, 4.69) is 30.1 Å². The van der Waals surface area contributed by atoms with Gasteiger partial charge in [-0.05, 0) is 37.3 Å². The van der Waals surface area contributed by atoms with Crippen LogP contribution in [-0.2, 0) is 6.42 Å². The van der Waals surface area contributed by atoms with E-state index in [9.17, 15) is 0 Å². The summed E-state index contributed by atoms with van der Waals surface area (Å²) in [6.45, 7) is 2.93. The van der Waals surface area contributed by atoms with Crippen molar-refractivity contribution in [3.63, 3.8) is 0 Å². The Balaban J connectivity index is 2.28. The summed E-state index contributed by atoms with van der Waals surface area (Å²) < 4.78 is 0. The van der Waals surface area contributed by atoms with Crippen molar-refractivity contribution in [1.82, 2.24) is 4.98 Å². The van der Waals surface area contributed by atoms with Crippen molar-refractivity contribution in [2.45, 2.75) is 32.1 Å². The van der Waals surface area contributed by atoms with E-state index in [1.165, 1.54) is 47.0 Å². The number of benzene rings is 1. The van der Waals surface area contributed by atoms with Crippen LogP contribution in [0.3, 0.4) is 0 Å². The average molecular weight is 214 g/mol. The fourth-order valence-electron chi connectivity index (χ4n) is 2.96. The molecule has 1 atom stereocenters. The highest BCUT2D eigenvalue weighted by Gasteiger charge is 2.23. The van der Waals surface area contributed by atoms with Gasteiger partial charge in [-0.3, -0.25) is 0 Å². The molecule has 0 amide bonds. The van der Waals surface area contributed by atoms with Crippen molar-refractivity contribution >= 4 is 10.9 Å². The van der Waals surface area contributed by atoms with Crippen LogP contribution in [0.15, 0.2) is 18.2 Å². The molecule has 0 saturated heterocycles. The summed E-state index contributed by atoms with van der Waals surface area (Å²) in [5.74, 6) is 0.538. The van der Waals surface area contributed by atoms with Crippen molar-refractivity contribution in [2.75, 3.05) is 6.54 Å². The van der Waals surface area contributed by atoms with Crippen molar-refractivity contribution in [1.29, 1.82) is 0 Å². The van der Waals surface area contributed by atoms with E-state index in [0.29, 0.717) is 5.92 Å². The molecule has 1 aliphatic carbocycles. The largest absolute Gasteiger partial charge is 0.358 e. The molecular weight excluding hydrogens is 196 g/mol. The van der Waals surface area contributed by atoms with Crippen LogP contribution < -0.4 is 5.73 Å². The van der Waals surface area contributed by atoms with Crippen LogP contribution in [0.2, 0.25) is 0 Å². The Kier molecular flexibility index (Phi) is 2.25. The van der Waals surface area contributed by atoms with E-state index in [1.54, 1.807) is 0 Å². The van der Waals surface area contributed by atoms with Crippen LogP contribution in [0.4, 0.5) is 0 Å². The van der Waals surface area contributed by atoms with Gasteiger partial charge in [-0.2, -0.15) is 0 Å². The second-order valence-electron chi connectivity index (χ2n) is 4.84. The predicted octanol–water partition coefficient (Wildman–Crippen LogP) is 2.85. The third kappa shape index (κ3) is 1.30. The molecule has 16 heavy (non-hydrogen) atoms. The van der Waals surface area contributed by atoms with E-state index >= 15 is 0 Å². The van der Waals surface area contributed by atoms with Gasteiger partial charge < -0.3 is 10.7 Å². The Morgan fingerprint density at radius 1 is 1.44 bits per heavy atom. The lowest BCUT2D eigenvalue weighted by Crippen LogP contribution is -2.17. The maximum absolute atomic E-state index is 5.86. The average Bonchev–Trinajstić information content (AvgIpc) is 2.69. The number of nitrogens with one attached hydrogen (secondary N) is 1. The Bertz CT molecular complexity index is 525. The summed E-state index contributed by atoms with van der Waals surface area (Å²) in [4.78, 5) is 3.61. The smallest absolute Gasteiger partial charge is 0.0488 e. The molecule has 3 N–H and O–H groups in total. The molecule has 1 aromatic carbocycles. The van der Waals surface area contributed by atoms with Crippen LogP contribution in [0.25, 0.3) is 10.9 Å². The molecule has 3 rings (SSSR count). The summed E-state index contributed by atoms with van der Waals surface area (Å²) >= 11 is 0. The minimum absolute atomic E-state index is 0.538. The summed E-state index contributed by atoms with van der Waals surface area (Å²) in [6.07, 6.45) is 3.71. The number of rotatable bonds is 1. The third-order valence-electron chi connectivity index (χ3n) is 3.85. The number of H-pyrrole nitrogens is 1. The number of aromatic amines is 1. The Morgan fingerprint density at radius 2 is 2.31 bits per heavy atom. The number of hydrogen-bond acceptors (Lipinski definition) is 1. The molecule has 0 spiro atoms. The van der Waals surface area contributed by atoms with E-state index in [-0.39, 0.29) is 0 Å². The molecule has 1 unspecified atom stereocenters. The van der Waals surface area contributed by atoms with Gasteiger partial charge in [0.1, 0.15) is 0 Å². The SMILES string of the molecule is Cc1cccc2c3c([nH]c12)C(CN)CCC3. The first kappa shape index (κ1) is 9.91. The van der Waals surface area contributed by atoms with E-state index in [4.69, 9.17) is 5.73 Å². The van der Waals surface area contributed by atoms with Gasteiger partial charge >= 0.3 is 0 Å². The number of aryl methyl sites for hydroxylation is 2. The van der Waals surface area contributed by atoms with Gasteiger partial charge in [-0.25, -0.2) is 0 Å². The van der Waals surface area contributed by atoms with Gasteiger partial charge in [0.15, 0.2) is 0 Å². The topological polar surface area (TPSA) is 41.8 Å². The Hall–Kier alpha value is -1.28. The fraction of sp³-hybridized carbons (Fsp3) is 0.429. The lowest BCUT2D eigenvalue weighted by atomic mass is 9.87. The maximum Gasteiger partial charge on any atom is 0.0488 e. The molecule has 1 aromatic heterocycles. The minimum atomic E-state index is 0.538. The molecule has 84 valence electrons. The first-order chi connectivity index (χ1) is 7.81. The molecule has 2 heteroatoms. The molecule has 0 aliphatic heterocycles. The lowest BCUT2D eigenvalue weighted by Gasteiger charge is -2.20. The molecule has 0 saturated carbocycles. The maximum atomic E-state index is 5.86. The van der Waals surface area contributed by atoms with Gasteiger partial charge in [0.25, 0.3) is 0 Å². The van der Waals surface area contributed by atoms with Crippen molar-refractivity contribution in [3.05, 3.63) is 35.0 Å². The zero-order valence-corrected chi connectivity index (χ0v) is 9.72.